The molecule has 2 N–H and O–H groups in total. The summed E-state index contributed by atoms with van der Waals surface area (Å²) in [6.07, 6.45) is 1.95. The Morgan fingerprint density at radius 2 is 2.32 bits per heavy atom. The Morgan fingerprint density at radius 3 is 3.00 bits per heavy atom. The number of benzene rings is 1. The second kappa shape index (κ2) is 6.60. The third kappa shape index (κ3) is 3.62. The molecule has 2 rings (SSSR count). The molecule has 19 heavy (non-hydrogen) atoms. The van der Waals surface area contributed by atoms with E-state index in [1.807, 2.05) is 13.0 Å². The van der Waals surface area contributed by atoms with Gasteiger partial charge in [0.2, 0.25) is 0 Å². The van der Waals surface area contributed by atoms with Crippen molar-refractivity contribution >= 4 is 17.3 Å². The fourth-order valence-corrected chi connectivity index (χ4v) is 2.80. The summed E-state index contributed by atoms with van der Waals surface area (Å²) in [6.45, 7) is 6.73. The lowest BCUT2D eigenvalue weighted by atomic mass is 10.0. The Balaban J connectivity index is 2.32. The van der Waals surface area contributed by atoms with E-state index in [1.54, 1.807) is 0 Å². The fraction of sp³-hybridized carbons (Fsp3) is 0.600. The highest BCUT2D eigenvalue weighted by molar-refractivity contribution is 6.30. The number of nitrogens with two attached hydrogens (primary N) is 1. The zero-order valence-corrected chi connectivity index (χ0v) is 12.5. The summed E-state index contributed by atoms with van der Waals surface area (Å²) in [6, 6.07) is 6.70. The first kappa shape index (κ1) is 14.6. The molecule has 1 fully saturated rings. The third-order valence-electron chi connectivity index (χ3n) is 3.60. The lowest BCUT2D eigenvalue weighted by molar-refractivity contribution is 0.0929. The topological polar surface area (TPSA) is 38.5 Å². The number of anilines is 1. The molecule has 3 nitrogen and oxygen atoms in total. The van der Waals surface area contributed by atoms with Gasteiger partial charge >= 0.3 is 0 Å². The first-order chi connectivity index (χ1) is 9.11. The van der Waals surface area contributed by atoms with Gasteiger partial charge in [-0.15, -0.1) is 0 Å². The van der Waals surface area contributed by atoms with Crippen LogP contribution in [0.4, 0.5) is 5.69 Å². The van der Waals surface area contributed by atoms with E-state index in [4.69, 9.17) is 22.1 Å². The van der Waals surface area contributed by atoms with Gasteiger partial charge in [0, 0.05) is 23.3 Å². The molecule has 1 heterocycles. The van der Waals surface area contributed by atoms with Gasteiger partial charge in [0.25, 0.3) is 0 Å². The molecule has 0 radical (unpaired) electrons. The summed E-state index contributed by atoms with van der Waals surface area (Å²) in [7, 11) is 0. The molecular weight excluding hydrogens is 260 g/mol. The predicted octanol–water partition coefficient (Wildman–Crippen LogP) is 2.84. The molecule has 0 amide bonds. The van der Waals surface area contributed by atoms with Crippen LogP contribution >= 0.6 is 11.6 Å². The standard InChI is InChI=1S/C15H23ClN2O/c1-3-14-10-19-7-6-18(14)15-9-13(16)5-4-12(15)8-11(2)17/h4-5,9,11,14H,3,6-8,10,17H2,1-2H3. The molecule has 1 saturated heterocycles. The van der Waals surface area contributed by atoms with E-state index in [-0.39, 0.29) is 6.04 Å². The monoisotopic (exact) mass is 282 g/mol. The summed E-state index contributed by atoms with van der Waals surface area (Å²) in [4.78, 5) is 2.42. The molecule has 1 aromatic rings. The minimum absolute atomic E-state index is 0.154. The third-order valence-corrected chi connectivity index (χ3v) is 3.83. The number of hydrogen-bond donors (Lipinski definition) is 1. The van der Waals surface area contributed by atoms with E-state index >= 15 is 0 Å². The largest absolute Gasteiger partial charge is 0.377 e. The smallest absolute Gasteiger partial charge is 0.0670 e. The second-order valence-electron chi connectivity index (χ2n) is 5.28. The van der Waals surface area contributed by atoms with Crippen molar-refractivity contribution in [3.63, 3.8) is 0 Å². The number of morpholine rings is 1. The van der Waals surface area contributed by atoms with E-state index in [2.05, 4.69) is 24.0 Å². The van der Waals surface area contributed by atoms with Gasteiger partial charge in [-0.05, 0) is 37.5 Å². The second-order valence-corrected chi connectivity index (χ2v) is 5.72. The van der Waals surface area contributed by atoms with Crippen LogP contribution in [0.5, 0.6) is 0 Å². The quantitative estimate of drug-likeness (QED) is 0.923. The Hall–Kier alpha value is -0.770. The molecule has 1 aliphatic rings. The van der Waals surface area contributed by atoms with Crippen LogP contribution in [0.1, 0.15) is 25.8 Å². The van der Waals surface area contributed by atoms with E-state index in [1.165, 1.54) is 11.3 Å². The SMILES string of the molecule is CCC1COCCN1c1cc(Cl)ccc1CC(C)N. The van der Waals surface area contributed by atoms with Gasteiger partial charge in [0.15, 0.2) is 0 Å². The normalized spacial score (nSPS) is 21.5. The predicted molar refractivity (Wildman–Crippen MR) is 81.0 cm³/mol. The van der Waals surface area contributed by atoms with Gasteiger partial charge in [0.05, 0.1) is 19.3 Å². The number of nitrogens with zero attached hydrogens (tertiary/aromatic N) is 1. The minimum atomic E-state index is 0.154. The fourth-order valence-electron chi connectivity index (χ4n) is 2.63. The highest BCUT2D eigenvalue weighted by Gasteiger charge is 2.24. The molecule has 0 aromatic heterocycles. The van der Waals surface area contributed by atoms with Crippen molar-refractivity contribution in [2.45, 2.75) is 38.8 Å². The first-order valence-electron chi connectivity index (χ1n) is 7.00. The summed E-state index contributed by atoms with van der Waals surface area (Å²) >= 11 is 6.17. The van der Waals surface area contributed by atoms with Crippen molar-refractivity contribution in [1.82, 2.24) is 0 Å². The number of ether oxygens (including phenoxy) is 1. The van der Waals surface area contributed by atoms with Crippen LogP contribution < -0.4 is 10.6 Å². The van der Waals surface area contributed by atoms with Gasteiger partial charge in [-0.25, -0.2) is 0 Å². The molecule has 4 heteroatoms. The Labute approximate surface area is 120 Å². The highest BCUT2D eigenvalue weighted by atomic mass is 35.5. The van der Waals surface area contributed by atoms with Crippen molar-refractivity contribution in [3.8, 4) is 0 Å². The van der Waals surface area contributed by atoms with E-state index < -0.39 is 0 Å². The Bertz CT molecular complexity index is 423. The maximum absolute atomic E-state index is 6.17. The summed E-state index contributed by atoms with van der Waals surface area (Å²) in [5.41, 5.74) is 8.45. The van der Waals surface area contributed by atoms with Crippen molar-refractivity contribution in [3.05, 3.63) is 28.8 Å². The van der Waals surface area contributed by atoms with Gasteiger partial charge in [0.1, 0.15) is 0 Å². The van der Waals surface area contributed by atoms with Crippen LogP contribution in [-0.2, 0) is 11.2 Å². The Kier molecular flexibility index (Phi) is 5.08. The van der Waals surface area contributed by atoms with Gasteiger partial charge < -0.3 is 15.4 Å². The average Bonchev–Trinajstić information content (AvgIpc) is 2.40. The molecule has 106 valence electrons. The number of rotatable bonds is 4. The van der Waals surface area contributed by atoms with Crippen LogP contribution in [0, 0.1) is 0 Å². The van der Waals surface area contributed by atoms with E-state index in [9.17, 15) is 0 Å². The van der Waals surface area contributed by atoms with E-state index in [0.29, 0.717) is 6.04 Å². The molecule has 0 bridgehead atoms. The first-order valence-corrected chi connectivity index (χ1v) is 7.38. The van der Waals surface area contributed by atoms with Gasteiger partial charge in [-0.3, -0.25) is 0 Å². The molecule has 1 aliphatic heterocycles. The van der Waals surface area contributed by atoms with E-state index in [0.717, 1.165) is 37.6 Å². The average molecular weight is 283 g/mol. The number of hydrogen-bond acceptors (Lipinski definition) is 3. The maximum Gasteiger partial charge on any atom is 0.0670 e. The molecule has 0 saturated carbocycles. The maximum atomic E-state index is 6.17. The van der Waals surface area contributed by atoms with Crippen molar-refractivity contribution in [1.29, 1.82) is 0 Å². The van der Waals surface area contributed by atoms with Crippen LogP contribution in [0.15, 0.2) is 18.2 Å². The van der Waals surface area contributed by atoms with Crippen LogP contribution in [0.3, 0.4) is 0 Å². The molecular formula is C15H23ClN2O. The minimum Gasteiger partial charge on any atom is -0.377 e. The lowest BCUT2D eigenvalue weighted by Crippen LogP contribution is -2.45. The molecule has 2 unspecified atom stereocenters. The molecule has 1 aromatic carbocycles. The highest BCUT2D eigenvalue weighted by Crippen LogP contribution is 2.29. The summed E-state index contributed by atoms with van der Waals surface area (Å²) in [5.74, 6) is 0. The zero-order chi connectivity index (χ0) is 13.8. The Morgan fingerprint density at radius 1 is 1.53 bits per heavy atom. The van der Waals surface area contributed by atoms with Crippen molar-refractivity contribution in [2.24, 2.45) is 5.73 Å². The van der Waals surface area contributed by atoms with Crippen LogP contribution in [-0.4, -0.2) is 31.8 Å². The van der Waals surface area contributed by atoms with Crippen molar-refractivity contribution in [2.75, 3.05) is 24.7 Å². The molecule has 0 aliphatic carbocycles. The summed E-state index contributed by atoms with van der Waals surface area (Å²) < 4.78 is 5.58. The van der Waals surface area contributed by atoms with Gasteiger partial charge in [-0.1, -0.05) is 24.6 Å². The molecule has 2 atom stereocenters. The van der Waals surface area contributed by atoms with Crippen LogP contribution in [0.2, 0.25) is 5.02 Å². The van der Waals surface area contributed by atoms with Crippen molar-refractivity contribution < 1.29 is 4.74 Å². The lowest BCUT2D eigenvalue weighted by Gasteiger charge is -2.38. The van der Waals surface area contributed by atoms with Crippen LogP contribution in [0.25, 0.3) is 0 Å². The molecule has 0 spiro atoms. The summed E-state index contributed by atoms with van der Waals surface area (Å²) in [5, 5.41) is 0.782. The number of halogens is 1. The zero-order valence-electron chi connectivity index (χ0n) is 11.7. The van der Waals surface area contributed by atoms with Gasteiger partial charge in [-0.2, -0.15) is 0 Å².